The van der Waals surface area contributed by atoms with Crippen LogP contribution < -0.4 is 5.73 Å². The van der Waals surface area contributed by atoms with Gasteiger partial charge in [0.25, 0.3) is 0 Å². The molecule has 0 saturated heterocycles. The van der Waals surface area contributed by atoms with Gasteiger partial charge in [-0.15, -0.1) is 0 Å². The molecule has 2 aromatic rings. The summed E-state index contributed by atoms with van der Waals surface area (Å²) in [6.07, 6.45) is 3.18. The third-order valence-electron chi connectivity index (χ3n) is 2.51. The normalized spacial score (nSPS) is 10.4. The molecule has 1 aromatic carbocycles. The van der Waals surface area contributed by atoms with Crippen molar-refractivity contribution in [2.45, 2.75) is 13.2 Å². The average molecular weight is 280 g/mol. The molecule has 0 aliphatic heterocycles. The van der Waals surface area contributed by atoms with Crippen LogP contribution in [0.15, 0.2) is 36.8 Å². The van der Waals surface area contributed by atoms with Crippen molar-refractivity contribution in [2.75, 3.05) is 6.54 Å². The number of esters is 1. The summed E-state index contributed by atoms with van der Waals surface area (Å²) in [5, 5.41) is 0.649. The lowest BCUT2D eigenvalue weighted by atomic mass is 10.2. The van der Waals surface area contributed by atoms with E-state index in [4.69, 9.17) is 22.1 Å². The van der Waals surface area contributed by atoms with Gasteiger partial charge in [0.05, 0.1) is 6.33 Å². The first kappa shape index (κ1) is 13.6. The van der Waals surface area contributed by atoms with Crippen LogP contribution in [0.25, 0.3) is 0 Å². The van der Waals surface area contributed by atoms with E-state index in [1.54, 1.807) is 29.2 Å². The molecule has 6 heteroatoms. The second-order valence-electron chi connectivity index (χ2n) is 3.99. The summed E-state index contributed by atoms with van der Waals surface area (Å²) in [6.45, 7) is 1.31. The molecular weight excluding hydrogens is 266 g/mol. The van der Waals surface area contributed by atoms with E-state index in [1.165, 1.54) is 0 Å². The molecule has 1 aromatic heterocycles. The van der Waals surface area contributed by atoms with E-state index in [1.807, 2.05) is 12.1 Å². The van der Waals surface area contributed by atoms with E-state index >= 15 is 0 Å². The number of ether oxygens (including phenoxy) is 1. The van der Waals surface area contributed by atoms with E-state index < -0.39 is 5.97 Å². The van der Waals surface area contributed by atoms with Crippen molar-refractivity contribution in [1.82, 2.24) is 9.55 Å². The first-order chi connectivity index (χ1) is 9.19. The van der Waals surface area contributed by atoms with Crippen molar-refractivity contribution in [3.05, 3.63) is 53.1 Å². The summed E-state index contributed by atoms with van der Waals surface area (Å²) in [4.78, 5) is 15.7. The molecule has 0 saturated carbocycles. The van der Waals surface area contributed by atoms with Crippen LogP contribution in [0.4, 0.5) is 0 Å². The summed E-state index contributed by atoms with van der Waals surface area (Å²) >= 11 is 5.77. The molecule has 2 rings (SSSR count). The minimum atomic E-state index is -0.453. The summed E-state index contributed by atoms with van der Waals surface area (Å²) in [5.74, 6) is -0.453. The maximum absolute atomic E-state index is 11.7. The Bertz CT molecular complexity index is 551. The Labute approximate surface area is 116 Å². The highest BCUT2D eigenvalue weighted by Crippen LogP contribution is 2.11. The molecule has 0 unspecified atom stereocenters. The highest BCUT2D eigenvalue weighted by atomic mass is 35.5. The van der Waals surface area contributed by atoms with E-state index in [2.05, 4.69) is 4.98 Å². The SMILES string of the molecule is NCCn1cnc(C(=O)OCc2ccc(Cl)cc2)c1. The zero-order chi connectivity index (χ0) is 13.7. The molecule has 5 nitrogen and oxygen atoms in total. The quantitative estimate of drug-likeness (QED) is 0.848. The highest BCUT2D eigenvalue weighted by molar-refractivity contribution is 6.30. The first-order valence-corrected chi connectivity index (χ1v) is 6.20. The summed E-state index contributed by atoms with van der Waals surface area (Å²) in [6, 6.07) is 7.12. The number of hydrogen-bond acceptors (Lipinski definition) is 4. The molecule has 0 aliphatic rings. The fourth-order valence-electron chi connectivity index (χ4n) is 1.54. The minimum Gasteiger partial charge on any atom is -0.456 e. The van der Waals surface area contributed by atoms with Crippen molar-refractivity contribution in [3.8, 4) is 0 Å². The molecule has 0 bridgehead atoms. The molecule has 100 valence electrons. The Kier molecular flexibility index (Phi) is 4.54. The Morgan fingerprint density at radius 3 is 2.79 bits per heavy atom. The lowest BCUT2D eigenvalue weighted by Crippen LogP contribution is -2.08. The number of carbonyl (C=O) groups excluding carboxylic acids is 1. The second-order valence-corrected chi connectivity index (χ2v) is 4.42. The maximum atomic E-state index is 11.7. The molecule has 0 aliphatic carbocycles. The number of hydrogen-bond donors (Lipinski definition) is 1. The summed E-state index contributed by atoms with van der Waals surface area (Å²) in [5.41, 5.74) is 6.57. The van der Waals surface area contributed by atoms with Gasteiger partial charge in [-0.25, -0.2) is 9.78 Å². The maximum Gasteiger partial charge on any atom is 0.358 e. The molecule has 2 N–H and O–H groups in total. The smallest absolute Gasteiger partial charge is 0.358 e. The van der Waals surface area contributed by atoms with E-state index in [0.717, 1.165) is 5.56 Å². The van der Waals surface area contributed by atoms with Crippen molar-refractivity contribution in [3.63, 3.8) is 0 Å². The van der Waals surface area contributed by atoms with Gasteiger partial charge in [-0.2, -0.15) is 0 Å². The number of carbonyl (C=O) groups is 1. The van der Waals surface area contributed by atoms with Gasteiger partial charge in [0.1, 0.15) is 6.61 Å². The topological polar surface area (TPSA) is 70.1 Å². The Morgan fingerprint density at radius 1 is 1.37 bits per heavy atom. The van der Waals surface area contributed by atoms with Crippen molar-refractivity contribution in [2.24, 2.45) is 5.73 Å². The van der Waals surface area contributed by atoms with Crippen molar-refractivity contribution in [1.29, 1.82) is 0 Å². The van der Waals surface area contributed by atoms with Gasteiger partial charge < -0.3 is 15.0 Å². The van der Waals surface area contributed by atoms with E-state index in [0.29, 0.717) is 18.1 Å². The van der Waals surface area contributed by atoms with Crippen LogP contribution in [0.5, 0.6) is 0 Å². The number of benzene rings is 1. The molecule has 19 heavy (non-hydrogen) atoms. The molecular formula is C13H14ClN3O2. The molecule has 0 amide bonds. The van der Waals surface area contributed by atoms with Crippen molar-refractivity contribution >= 4 is 17.6 Å². The number of halogens is 1. The number of rotatable bonds is 5. The Hall–Kier alpha value is -1.85. The molecule has 0 spiro atoms. The van der Waals surface area contributed by atoms with Crippen molar-refractivity contribution < 1.29 is 9.53 Å². The highest BCUT2D eigenvalue weighted by Gasteiger charge is 2.10. The van der Waals surface area contributed by atoms with Crippen LogP contribution in [-0.4, -0.2) is 22.1 Å². The van der Waals surface area contributed by atoms with Crippen LogP contribution in [0.1, 0.15) is 16.1 Å². The molecule has 1 heterocycles. The van der Waals surface area contributed by atoms with Gasteiger partial charge in [0, 0.05) is 24.3 Å². The second kappa shape index (κ2) is 6.36. The van der Waals surface area contributed by atoms with E-state index in [-0.39, 0.29) is 12.3 Å². The van der Waals surface area contributed by atoms with Gasteiger partial charge in [0.2, 0.25) is 0 Å². The Morgan fingerprint density at radius 2 is 2.11 bits per heavy atom. The number of imidazole rings is 1. The monoisotopic (exact) mass is 279 g/mol. The minimum absolute atomic E-state index is 0.194. The van der Waals surface area contributed by atoms with Crippen LogP contribution >= 0.6 is 11.6 Å². The Balaban J connectivity index is 1.91. The number of aromatic nitrogens is 2. The van der Waals surface area contributed by atoms with Crippen LogP contribution in [0.2, 0.25) is 5.02 Å². The largest absolute Gasteiger partial charge is 0.456 e. The fraction of sp³-hybridized carbons (Fsp3) is 0.231. The van der Waals surface area contributed by atoms with Gasteiger partial charge in [-0.3, -0.25) is 0 Å². The third kappa shape index (κ3) is 3.81. The first-order valence-electron chi connectivity index (χ1n) is 5.82. The average Bonchev–Trinajstić information content (AvgIpc) is 2.87. The van der Waals surface area contributed by atoms with Crippen LogP contribution in [0.3, 0.4) is 0 Å². The standard InChI is InChI=1S/C13H14ClN3O2/c14-11-3-1-10(2-4-11)8-19-13(18)12-7-17(6-5-15)9-16-12/h1-4,7,9H,5-6,8,15H2. The van der Waals surface area contributed by atoms with Crippen LogP contribution in [-0.2, 0) is 17.9 Å². The van der Waals surface area contributed by atoms with Gasteiger partial charge >= 0.3 is 5.97 Å². The number of nitrogens with two attached hydrogens (primary N) is 1. The zero-order valence-electron chi connectivity index (χ0n) is 10.3. The summed E-state index contributed by atoms with van der Waals surface area (Å²) < 4.78 is 6.91. The molecule has 0 atom stereocenters. The predicted molar refractivity (Wildman–Crippen MR) is 71.9 cm³/mol. The van der Waals surface area contributed by atoms with Gasteiger partial charge in [0.15, 0.2) is 5.69 Å². The molecule has 0 radical (unpaired) electrons. The summed E-state index contributed by atoms with van der Waals surface area (Å²) in [7, 11) is 0. The lowest BCUT2D eigenvalue weighted by Gasteiger charge is -2.03. The lowest BCUT2D eigenvalue weighted by molar-refractivity contribution is 0.0466. The zero-order valence-corrected chi connectivity index (χ0v) is 11.0. The number of nitrogens with zero attached hydrogens (tertiary/aromatic N) is 2. The van der Waals surface area contributed by atoms with Gasteiger partial charge in [-0.05, 0) is 17.7 Å². The van der Waals surface area contributed by atoms with Gasteiger partial charge in [-0.1, -0.05) is 23.7 Å². The van der Waals surface area contributed by atoms with E-state index in [9.17, 15) is 4.79 Å². The predicted octanol–water partition coefficient (Wildman–Crippen LogP) is 1.85. The molecule has 0 fully saturated rings. The fourth-order valence-corrected chi connectivity index (χ4v) is 1.67. The van der Waals surface area contributed by atoms with Crippen LogP contribution in [0, 0.1) is 0 Å². The third-order valence-corrected chi connectivity index (χ3v) is 2.76.